The average molecular weight is 306 g/mol. The van der Waals surface area contributed by atoms with Crippen molar-refractivity contribution in [1.29, 1.82) is 0 Å². The Hall–Kier alpha value is -0.720. The first-order valence-electron chi connectivity index (χ1n) is 4.21. The molecule has 1 N–H and O–H groups in total. The second kappa shape index (κ2) is 4.20. The Balaban J connectivity index is 3.26. The van der Waals surface area contributed by atoms with Crippen LogP contribution in [0.25, 0.3) is 0 Å². The van der Waals surface area contributed by atoms with Gasteiger partial charge >= 0.3 is 5.97 Å². The number of carboxylic acid groups (broad SMARTS) is 1. The van der Waals surface area contributed by atoms with Crippen LogP contribution in [0.4, 0.5) is 0 Å². The molecule has 1 heterocycles. The highest BCUT2D eigenvalue weighted by Crippen LogP contribution is 2.28. The topological polar surface area (TPSA) is 63.1 Å². The molecule has 0 aliphatic rings. The summed E-state index contributed by atoms with van der Waals surface area (Å²) in [4.78, 5) is 19.0. The fraction of sp³-hybridized carbons (Fsp3) is 0.444. The van der Waals surface area contributed by atoms with Crippen molar-refractivity contribution in [2.45, 2.75) is 25.7 Å². The zero-order valence-corrected chi connectivity index (χ0v) is 10.1. The fourth-order valence-electron chi connectivity index (χ4n) is 1.14. The van der Waals surface area contributed by atoms with Crippen LogP contribution >= 0.6 is 22.6 Å². The van der Waals surface area contributed by atoms with Crippen LogP contribution in [0.1, 0.15) is 26.0 Å². The summed E-state index contributed by atoms with van der Waals surface area (Å²) in [6.45, 7) is 3.52. The maximum atomic E-state index is 11.1. The summed E-state index contributed by atoms with van der Waals surface area (Å²) >= 11 is 2.05. The van der Waals surface area contributed by atoms with Crippen LogP contribution in [-0.4, -0.2) is 21.0 Å². The molecule has 0 spiro atoms. The summed E-state index contributed by atoms with van der Waals surface area (Å²) in [5.74, 6) is -0.850. The molecule has 0 saturated carbocycles. The van der Waals surface area contributed by atoms with Gasteiger partial charge < -0.3 is 5.11 Å². The largest absolute Gasteiger partial charge is 0.481 e. The second-order valence-corrected chi connectivity index (χ2v) is 4.37. The molecule has 76 valence electrons. The first kappa shape index (κ1) is 11.4. The van der Waals surface area contributed by atoms with Crippen LogP contribution in [0.3, 0.4) is 0 Å². The van der Waals surface area contributed by atoms with E-state index < -0.39 is 11.4 Å². The van der Waals surface area contributed by atoms with Crippen molar-refractivity contribution in [3.8, 4) is 0 Å². The van der Waals surface area contributed by atoms with Gasteiger partial charge in [0.05, 0.1) is 9.26 Å². The second-order valence-electron chi connectivity index (χ2n) is 3.21. The minimum absolute atomic E-state index is 0.509. The Labute approximate surface area is 95.9 Å². The maximum Gasteiger partial charge on any atom is 0.315 e. The third-order valence-corrected chi connectivity index (χ3v) is 3.16. The van der Waals surface area contributed by atoms with E-state index in [-0.39, 0.29) is 0 Å². The molecule has 1 aromatic heterocycles. The summed E-state index contributed by atoms with van der Waals surface area (Å²) in [5, 5.41) is 9.15. The van der Waals surface area contributed by atoms with Crippen molar-refractivity contribution in [1.82, 2.24) is 9.97 Å². The fourth-order valence-corrected chi connectivity index (χ4v) is 2.03. The Morgan fingerprint density at radius 2 is 2.36 bits per heavy atom. The summed E-state index contributed by atoms with van der Waals surface area (Å²) in [6, 6.07) is 0. The molecule has 1 unspecified atom stereocenters. The zero-order chi connectivity index (χ0) is 10.8. The van der Waals surface area contributed by atoms with E-state index in [0.717, 1.165) is 3.57 Å². The molecule has 0 aliphatic carbocycles. The normalized spacial score (nSPS) is 14.8. The summed E-state index contributed by atoms with van der Waals surface area (Å²) < 4.78 is 0.789. The van der Waals surface area contributed by atoms with Gasteiger partial charge in [-0.05, 0) is 35.9 Å². The highest BCUT2D eigenvalue weighted by molar-refractivity contribution is 14.1. The molecular weight excluding hydrogens is 295 g/mol. The number of nitrogens with zero attached hydrogens (tertiary/aromatic N) is 2. The Kier molecular flexibility index (Phi) is 3.41. The van der Waals surface area contributed by atoms with Gasteiger partial charge in [-0.1, -0.05) is 6.92 Å². The molecule has 4 nitrogen and oxygen atoms in total. The van der Waals surface area contributed by atoms with E-state index in [2.05, 4.69) is 32.6 Å². The van der Waals surface area contributed by atoms with Crippen molar-refractivity contribution in [3.05, 3.63) is 21.8 Å². The van der Waals surface area contributed by atoms with Gasteiger partial charge in [-0.3, -0.25) is 4.79 Å². The number of hydrogen-bond acceptors (Lipinski definition) is 3. The van der Waals surface area contributed by atoms with Crippen molar-refractivity contribution in [2.24, 2.45) is 0 Å². The SMILES string of the molecule is CCC(C)(C(=O)O)c1ncncc1I. The molecule has 1 atom stereocenters. The standard InChI is InChI=1S/C9H11IN2O2/c1-3-9(2,8(13)14)7-6(10)4-11-5-12-7/h4-5H,3H2,1-2H3,(H,13,14). The third kappa shape index (κ3) is 1.87. The van der Waals surface area contributed by atoms with Crippen molar-refractivity contribution >= 4 is 28.6 Å². The molecule has 14 heavy (non-hydrogen) atoms. The maximum absolute atomic E-state index is 11.1. The number of rotatable bonds is 3. The minimum atomic E-state index is -0.917. The molecule has 0 aromatic carbocycles. The van der Waals surface area contributed by atoms with Crippen LogP contribution < -0.4 is 0 Å². The molecule has 0 fully saturated rings. The van der Waals surface area contributed by atoms with Crippen molar-refractivity contribution < 1.29 is 9.90 Å². The van der Waals surface area contributed by atoms with Gasteiger partial charge in [0.15, 0.2) is 0 Å². The first-order valence-corrected chi connectivity index (χ1v) is 5.29. The minimum Gasteiger partial charge on any atom is -0.481 e. The first-order chi connectivity index (χ1) is 6.52. The van der Waals surface area contributed by atoms with E-state index in [9.17, 15) is 4.79 Å². The predicted molar refractivity (Wildman–Crippen MR) is 60.0 cm³/mol. The smallest absolute Gasteiger partial charge is 0.315 e. The lowest BCUT2D eigenvalue weighted by atomic mass is 9.84. The summed E-state index contributed by atoms with van der Waals surface area (Å²) in [5.41, 5.74) is -0.331. The van der Waals surface area contributed by atoms with Crippen LogP contribution in [0.5, 0.6) is 0 Å². The van der Waals surface area contributed by atoms with E-state index in [1.54, 1.807) is 13.1 Å². The predicted octanol–water partition coefficient (Wildman–Crippen LogP) is 1.83. The lowest BCUT2D eigenvalue weighted by Crippen LogP contribution is -2.33. The number of carbonyl (C=O) groups is 1. The number of aliphatic carboxylic acids is 1. The van der Waals surface area contributed by atoms with Gasteiger partial charge in [0, 0.05) is 6.20 Å². The van der Waals surface area contributed by atoms with Gasteiger partial charge in [0.2, 0.25) is 0 Å². The summed E-state index contributed by atoms with van der Waals surface area (Å²) in [6.07, 6.45) is 3.52. The molecule has 1 rings (SSSR count). The van der Waals surface area contributed by atoms with E-state index in [1.807, 2.05) is 6.92 Å². The quantitative estimate of drug-likeness (QED) is 0.866. The Morgan fingerprint density at radius 3 is 2.79 bits per heavy atom. The van der Waals surface area contributed by atoms with Gasteiger partial charge in [0.1, 0.15) is 11.7 Å². The van der Waals surface area contributed by atoms with Crippen LogP contribution in [0.2, 0.25) is 0 Å². The lowest BCUT2D eigenvalue weighted by Gasteiger charge is -2.22. The highest BCUT2D eigenvalue weighted by atomic mass is 127. The highest BCUT2D eigenvalue weighted by Gasteiger charge is 2.36. The van der Waals surface area contributed by atoms with Gasteiger partial charge in [0.25, 0.3) is 0 Å². The Morgan fingerprint density at radius 1 is 1.71 bits per heavy atom. The molecule has 0 saturated heterocycles. The number of carboxylic acids is 1. The molecule has 0 bridgehead atoms. The molecule has 0 radical (unpaired) electrons. The van der Waals surface area contributed by atoms with E-state index in [1.165, 1.54) is 6.33 Å². The van der Waals surface area contributed by atoms with Crippen molar-refractivity contribution in [3.63, 3.8) is 0 Å². The molecule has 0 amide bonds. The van der Waals surface area contributed by atoms with Gasteiger partial charge in [-0.25, -0.2) is 9.97 Å². The average Bonchev–Trinajstić information content (AvgIpc) is 2.17. The lowest BCUT2D eigenvalue weighted by molar-refractivity contribution is -0.143. The number of hydrogen-bond donors (Lipinski definition) is 1. The van der Waals surface area contributed by atoms with E-state index >= 15 is 0 Å². The third-order valence-electron chi connectivity index (χ3n) is 2.37. The van der Waals surface area contributed by atoms with Gasteiger partial charge in [-0.15, -0.1) is 0 Å². The van der Waals surface area contributed by atoms with Crippen molar-refractivity contribution in [2.75, 3.05) is 0 Å². The molecule has 0 aliphatic heterocycles. The zero-order valence-electron chi connectivity index (χ0n) is 7.99. The number of halogens is 1. The Bertz CT molecular complexity index is 356. The van der Waals surface area contributed by atoms with Crippen LogP contribution in [0.15, 0.2) is 12.5 Å². The van der Waals surface area contributed by atoms with Crippen LogP contribution in [0, 0.1) is 3.57 Å². The number of aromatic nitrogens is 2. The van der Waals surface area contributed by atoms with E-state index in [0.29, 0.717) is 12.1 Å². The van der Waals surface area contributed by atoms with E-state index in [4.69, 9.17) is 5.11 Å². The molecule has 5 heteroatoms. The van der Waals surface area contributed by atoms with Crippen LogP contribution in [-0.2, 0) is 10.2 Å². The van der Waals surface area contributed by atoms with Gasteiger partial charge in [-0.2, -0.15) is 0 Å². The molecule has 1 aromatic rings. The molecular formula is C9H11IN2O2. The summed E-state index contributed by atoms with van der Waals surface area (Å²) in [7, 11) is 0. The monoisotopic (exact) mass is 306 g/mol.